The van der Waals surface area contributed by atoms with E-state index in [1.807, 2.05) is 0 Å². The Balaban J connectivity index is 1.38. The molecule has 0 aromatic heterocycles. The van der Waals surface area contributed by atoms with Crippen LogP contribution in [0.1, 0.15) is 56.8 Å². The van der Waals surface area contributed by atoms with Gasteiger partial charge in [0.1, 0.15) is 12.3 Å². The normalized spacial score (nSPS) is 18.2. The van der Waals surface area contributed by atoms with Gasteiger partial charge in [0.25, 0.3) is 17.7 Å². The highest BCUT2D eigenvalue weighted by atomic mass is 79.9. The summed E-state index contributed by atoms with van der Waals surface area (Å²) in [5.41, 5.74) is 0.611. The number of esters is 1. The van der Waals surface area contributed by atoms with E-state index < -0.39 is 47.9 Å². The van der Waals surface area contributed by atoms with Crippen molar-refractivity contribution in [3.63, 3.8) is 0 Å². The van der Waals surface area contributed by atoms with Crippen molar-refractivity contribution >= 4 is 68.6 Å². The molecule has 3 amide bonds. The van der Waals surface area contributed by atoms with E-state index in [2.05, 4.69) is 15.9 Å². The number of rotatable bonds is 7. The highest BCUT2D eigenvalue weighted by Crippen LogP contribution is 2.39. The molecular formula is C30H23BrCl2N2O6. The molecule has 0 spiro atoms. The molecular weight excluding hydrogens is 635 g/mol. The van der Waals surface area contributed by atoms with E-state index in [0.717, 1.165) is 27.3 Å². The zero-order valence-electron chi connectivity index (χ0n) is 21.5. The standard InChI is InChI=1S/C30H23BrCl2N2O6/c31-20-10-5-18(6-11-20)30(40)41-21-12-7-17(8-13-21)26(36)16-34(27(37)19-9-14-24(32)25(33)15-19)35-28(38)22-3-1-2-4-23(22)29(35)39/h5-15,22-23H,1-4,16H2/t22-,23+. The first-order valence-electron chi connectivity index (χ1n) is 12.9. The van der Waals surface area contributed by atoms with Gasteiger partial charge in [0.2, 0.25) is 0 Å². The van der Waals surface area contributed by atoms with Gasteiger partial charge in [0.05, 0.1) is 27.4 Å². The van der Waals surface area contributed by atoms with Crippen molar-refractivity contribution in [2.24, 2.45) is 11.8 Å². The Hall–Kier alpha value is -3.53. The number of ketones is 1. The van der Waals surface area contributed by atoms with Gasteiger partial charge < -0.3 is 4.74 Å². The molecule has 2 aliphatic rings. The molecule has 1 saturated carbocycles. The highest BCUT2D eigenvalue weighted by molar-refractivity contribution is 9.10. The Kier molecular flexibility index (Phi) is 8.58. The number of benzene rings is 3. The smallest absolute Gasteiger partial charge is 0.343 e. The second-order valence-corrected chi connectivity index (χ2v) is 11.6. The molecule has 0 bridgehead atoms. The molecule has 1 aliphatic carbocycles. The number of amides is 3. The largest absolute Gasteiger partial charge is 0.423 e. The summed E-state index contributed by atoms with van der Waals surface area (Å²) in [4.78, 5) is 66.2. The van der Waals surface area contributed by atoms with E-state index in [9.17, 15) is 24.0 Å². The maximum atomic E-state index is 13.7. The number of carbonyl (C=O) groups excluding carboxylic acids is 5. The van der Waals surface area contributed by atoms with E-state index in [-0.39, 0.29) is 26.9 Å². The Bertz CT molecular complexity index is 1520. The number of imide groups is 1. The molecule has 0 N–H and O–H groups in total. The first-order valence-corrected chi connectivity index (χ1v) is 14.4. The Morgan fingerprint density at radius 3 is 1.95 bits per heavy atom. The molecule has 210 valence electrons. The van der Waals surface area contributed by atoms with Gasteiger partial charge in [-0.2, -0.15) is 5.01 Å². The van der Waals surface area contributed by atoms with Gasteiger partial charge >= 0.3 is 5.97 Å². The lowest BCUT2D eigenvalue weighted by Crippen LogP contribution is -2.52. The summed E-state index contributed by atoms with van der Waals surface area (Å²) in [7, 11) is 0. The minimum absolute atomic E-state index is 0.0675. The second kappa shape index (κ2) is 12.1. The van der Waals surface area contributed by atoms with E-state index in [0.29, 0.717) is 18.4 Å². The molecule has 1 aliphatic heterocycles. The summed E-state index contributed by atoms with van der Waals surface area (Å²) >= 11 is 15.4. The van der Waals surface area contributed by atoms with Gasteiger partial charge in [-0.25, -0.2) is 9.80 Å². The maximum absolute atomic E-state index is 13.7. The average molecular weight is 658 g/mol. The molecule has 0 radical (unpaired) electrons. The van der Waals surface area contributed by atoms with Crippen LogP contribution in [-0.4, -0.2) is 46.0 Å². The number of fused-ring (bicyclic) bond motifs is 1. The molecule has 8 nitrogen and oxygen atoms in total. The van der Waals surface area contributed by atoms with Gasteiger partial charge in [-0.05, 0) is 79.6 Å². The Morgan fingerprint density at radius 2 is 1.37 bits per heavy atom. The van der Waals surface area contributed by atoms with Crippen LogP contribution in [0, 0.1) is 11.8 Å². The summed E-state index contributed by atoms with van der Waals surface area (Å²) in [6.45, 7) is -0.575. The molecule has 3 aromatic rings. The number of hydrogen-bond donors (Lipinski definition) is 0. The maximum Gasteiger partial charge on any atom is 0.343 e. The van der Waals surface area contributed by atoms with Crippen molar-refractivity contribution in [1.29, 1.82) is 0 Å². The minimum atomic E-state index is -0.739. The van der Waals surface area contributed by atoms with Crippen molar-refractivity contribution in [3.05, 3.63) is 97.9 Å². The van der Waals surface area contributed by atoms with Crippen LogP contribution in [0.4, 0.5) is 0 Å². The highest BCUT2D eigenvalue weighted by Gasteiger charge is 2.51. The van der Waals surface area contributed by atoms with Crippen LogP contribution in [0.2, 0.25) is 10.0 Å². The fourth-order valence-electron chi connectivity index (χ4n) is 5.08. The molecule has 5 rings (SSSR count). The van der Waals surface area contributed by atoms with Crippen molar-refractivity contribution in [2.75, 3.05) is 6.54 Å². The van der Waals surface area contributed by atoms with Gasteiger partial charge in [0, 0.05) is 15.6 Å². The Morgan fingerprint density at radius 1 is 0.805 bits per heavy atom. The molecule has 2 fully saturated rings. The van der Waals surface area contributed by atoms with Crippen LogP contribution >= 0.6 is 39.1 Å². The first-order chi connectivity index (χ1) is 19.6. The molecule has 11 heteroatoms. The van der Waals surface area contributed by atoms with Crippen LogP contribution in [0.25, 0.3) is 0 Å². The van der Waals surface area contributed by atoms with E-state index >= 15 is 0 Å². The summed E-state index contributed by atoms with van der Waals surface area (Å²) in [6.07, 6.45) is 2.72. The number of hydrogen-bond acceptors (Lipinski definition) is 6. The zero-order chi connectivity index (χ0) is 29.3. The number of carbonyl (C=O) groups is 5. The first kappa shape index (κ1) is 29.0. The third kappa shape index (κ3) is 6.07. The van der Waals surface area contributed by atoms with Crippen LogP contribution in [-0.2, 0) is 9.59 Å². The van der Waals surface area contributed by atoms with Crippen molar-refractivity contribution in [3.8, 4) is 5.75 Å². The van der Waals surface area contributed by atoms with Gasteiger partial charge in [-0.15, -0.1) is 0 Å². The van der Waals surface area contributed by atoms with Gasteiger partial charge in [-0.3, -0.25) is 19.2 Å². The molecule has 41 heavy (non-hydrogen) atoms. The predicted molar refractivity (Wildman–Crippen MR) is 155 cm³/mol. The third-order valence-electron chi connectivity index (χ3n) is 7.22. The van der Waals surface area contributed by atoms with Gasteiger partial charge in [0.15, 0.2) is 5.78 Å². The topological polar surface area (TPSA) is 101 Å². The average Bonchev–Trinajstić information content (AvgIpc) is 3.22. The molecule has 1 heterocycles. The van der Waals surface area contributed by atoms with E-state index in [1.54, 1.807) is 24.3 Å². The summed E-state index contributed by atoms with van der Waals surface area (Å²) in [6, 6.07) is 16.6. The number of halogens is 3. The summed E-state index contributed by atoms with van der Waals surface area (Å²) in [5, 5.41) is 2.07. The fraction of sp³-hybridized carbons (Fsp3) is 0.233. The predicted octanol–water partition coefficient (Wildman–Crippen LogP) is 6.39. The molecule has 1 saturated heterocycles. The van der Waals surface area contributed by atoms with Gasteiger partial charge in [-0.1, -0.05) is 52.0 Å². The SMILES string of the molecule is O=C(CN(C(=O)c1ccc(Cl)c(Cl)c1)N1C(=O)[C@H]2CCCC[C@H]2C1=O)c1ccc(OC(=O)c2ccc(Br)cc2)cc1. The zero-order valence-corrected chi connectivity index (χ0v) is 24.6. The van der Waals surface area contributed by atoms with Crippen LogP contribution in [0.15, 0.2) is 71.2 Å². The second-order valence-electron chi connectivity index (χ2n) is 9.82. The lowest BCUT2D eigenvalue weighted by molar-refractivity contribution is -0.154. The van der Waals surface area contributed by atoms with E-state index in [4.69, 9.17) is 27.9 Å². The lowest BCUT2D eigenvalue weighted by Gasteiger charge is -2.30. The number of Topliss-reactive ketones (excluding diaryl/α,β-unsaturated/α-hetero) is 1. The third-order valence-corrected chi connectivity index (χ3v) is 8.49. The summed E-state index contributed by atoms with van der Waals surface area (Å²) < 4.78 is 6.20. The monoisotopic (exact) mass is 656 g/mol. The lowest BCUT2D eigenvalue weighted by atomic mass is 9.81. The van der Waals surface area contributed by atoms with E-state index in [1.165, 1.54) is 42.5 Å². The molecule has 3 aromatic carbocycles. The quantitative estimate of drug-likeness (QED) is 0.126. The number of hydrazine groups is 1. The molecule has 0 unspecified atom stereocenters. The number of ether oxygens (including phenoxy) is 1. The minimum Gasteiger partial charge on any atom is -0.423 e. The van der Waals surface area contributed by atoms with Crippen molar-refractivity contribution in [2.45, 2.75) is 25.7 Å². The number of nitrogens with zero attached hydrogens (tertiary/aromatic N) is 2. The van der Waals surface area contributed by atoms with Crippen molar-refractivity contribution < 1.29 is 28.7 Å². The Labute approximate surface area is 254 Å². The fourth-order valence-corrected chi connectivity index (χ4v) is 5.64. The van der Waals surface area contributed by atoms with Crippen LogP contribution < -0.4 is 4.74 Å². The molecule has 2 atom stereocenters. The van der Waals surface area contributed by atoms with Crippen LogP contribution in [0.5, 0.6) is 5.75 Å². The summed E-state index contributed by atoms with van der Waals surface area (Å²) in [5.74, 6) is -3.64. The van der Waals surface area contributed by atoms with Crippen molar-refractivity contribution in [1.82, 2.24) is 10.0 Å². The van der Waals surface area contributed by atoms with Crippen LogP contribution in [0.3, 0.4) is 0 Å².